The van der Waals surface area contributed by atoms with Gasteiger partial charge in [0.25, 0.3) is 5.91 Å². The third-order valence-electron chi connectivity index (χ3n) is 3.38. The number of ether oxygens (including phenoxy) is 1. The number of hydrogen-bond acceptors (Lipinski definition) is 4. The molecule has 0 atom stereocenters. The molecular formula is C15H17N3O2. The van der Waals surface area contributed by atoms with Crippen LogP contribution < -0.4 is 5.32 Å². The summed E-state index contributed by atoms with van der Waals surface area (Å²) >= 11 is 0. The Labute approximate surface area is 117 Å². The van der Waals surface area contributed by atoms with Crippen LogP contribution in [0.15, 0.2) is 35.0 Å². The Hall–Kier alpha value is -2.14. The highest BCUT2D eigenvalue weighted by Gasteiger charge is 2.25. The number of amides is 1. The molecular weight excluding hydrogens is 254 g/mol. The normalized spacial score (nSPS) is 21.1. The van der Waals surface area contributed by atoms with Gasteiger partial charge in [0.1, 0.15) is 5.70 Å². The second-order valence-electron chi connectivity index (χ2n) is 4.93. The maximum absolute atomic E-state index is 11.9. The number of benzene rings is 1. The van der Waals surface area contributed by atoms with Crippen LogP contribution in [0.5, 0.6) is 0 Å². The van der Waals surface area contributed by atoms with E-state index >= 15 is 0 Å². The van der Waals surface area contributed by atoms with Crippen molar-refractivity contribution < 1.29 is 9.53 Å². The molecule has 2 heterocycles. The summed E-state index contributed by atoms with van der Waals surface area (Å²) in [4.78, 5) is 18.4. The van der Waals surface area contributed by atoms with Crippen LogP contribution in [0.3, 0.4) is 0 Å². The van der Waals surface area contributed by atoms with Crippen molar-refractivity contribution in [2.24, 2.45) is 4.99 Å². The summed E-state index contributed by atoms with van der Waals surface area (Å²) in [6.07, 6.45) is 1.81. The van der Waals surface area contributed by atoms with E-state index in [1.54, 1.807) is 0 Å². The number of morpholine rings is 1. The summed E-state index contributed by atoms with van der Waals surface area (Å²) in [5, 5.41) is 2.82. The largest absolute Gasteiger partial charge is 0.378 e. The van der Waals surface area contributed by atoms with E-state index in [1.807, 2.05) is 42.2 Å². The second-order valence-corrected chi connectivity index (χ2v) is 4.93. The smallest absolute Gasteiger partial charge is 0.276 e. The Morgan fingerprint density at radius 3 is 2.65 bits per heavy atom. The fourth-order valence-electron chi connectivity index (χ4n) is 2.20. The van der Waals surface area contributed by atoms with Crippen molar-refractivity contribution in [1.29, 1.82) is 0 Å². The molecule has 5 heteroatoms. The highest BCUT2D eigenvalue weighted by molar-refractivity contribution is 6.13. The lowest BCUT2D eigenvalue weighted by molar-refractivity contribution is -0.115. The molecule has 2 aliphatic rings. The third-order valence-corrected chi connectivity index (χ3v) is 3.38. The first-order valence-corrected chi connectivity index (χ1v) is 6.73. The van der Waals surface area contributed by atoms with Gasteiger partial charge in [0, 0.05) is 13.1 Å². The number of guanidine groups is 1. The molecule has 2 aliphatic heterocycles. The van der Waals surface area contributed by atoms with Crippen LogP contribution in [0, 0.1) is 6.92 Å². The monoisotopic (exact) mass is 271 g/mol. The van der Waals surface area contributed by atoms with Gasteiger partial charge in [-0.05, 0) is 18.6 Å². The quantitative estimate of drug-likeness (QED) is 0.780. The van der Waals surface area contributed by atoms with Gasteiger partial charge in [-0.25, -0.2) is 4.99 Å². The van der Waals surface area contributed by atoms with Gasteiger partial charge in [-0.2, -0.15) is 0 Å². The van der Waals surface area contributed by atoms with Gasteiger partial charge in [-0.15, -0.1) is 0 Å². The van der Waals surface area contributed by atoms with Gasteiger partial charge in [0.15, 0.2) is 0 Å². The lowest BCUT2D eigenvalue weighted by atomic mass is 10.1. The average molecular weight is 271 g/mol. The standard InChI is InChI=1S/C15H17N3O2/c1-11-2-4-12(5-3-11)10-13-14(19)17-15(16-13)18-6-8-20-9-7-18/h2-5,10H,6-9H2,1H3,(H,16,17,19). The molecule has 1 aromatic carbocycles. The zero-order valence-electron chi connectivity index (χ0n) is 11.4. The maximum Gasteiger partial charge on any atom is 0.276 e. The minimum absolute atomic E-state index is 0.146. The van der Waals surface area contributed by atoms with Crippen molar-refractivity contribution in [3.05, 3.63) is 41.1 Å². The SMILES string of the molecule is Cc1ccc(C=C2N=C(N3CCOCC3)NC2=O)cc1. The van der Waals surface area contributed by atoms with Gasteiger partial charge in [-0.3, -0.25) is 10.1 Å². The number of aliphatic imine (C=N–C) groups is 1. The van der Waals surface area contributed by atoms with Crippen LogP contribution in [-0.4, -0.2) is 43.1 Å². The van der Waals surface area contributed by atoms with E-state index in [0.717, 1.165) is 18.7 Å². The molecule has 0 bridgehead atoms. The van der Waals surface area contributed by atoms with E-state index in [4.69, 9.17) is 4.74 Å². The minimum Gasteiger partial charge on any atom is -0.378 e. The molecule has 1 aromatic rings. The summed E-state index contributed by atoms with van der Waals surface area (Å²) < 4.78 is 5.30. The van der Waals surface area contributed by atoms with Gasteiger partial charge >= 0.3 is 0 Å². The van der Waals surface area contributed by atoms with Crippen LogP contribution in [0.25, 0.3) is 6.08 Å². The van der Waals surface area contributed by atoms with Gasteiger partial charge in [0.2, 0.25) is 5.96 Å². The Morgan fingerprint density at radius 2 is 1.95 bits per heavy atom. The number of hydrogen-bond donors (Lipinski definition) is 1. The molecule has 0 spiro atoms. The first-order valence-electron chi connectivity index (χ1n) is 6.73. The minimum atomic E-state index is -0.146. The molecule has 0 aromatic heterocycles. The number of rotatable bonds is 1. The van der Waals surface area contributed by atoms with Crippen molar-refractivity contribution in [1.82, 2.24) is 10.2 Å². The topological polar surface area (TPSA) is 53.9 Å². The Kier molecular flexibility index (Phi) is 3.52. The molecule has 1 amide bonds. The summed E-state index contributed by atoms with van der Waals surface area (Å²) in [7, 11) is 0. The van der Waals surface area contributed by atoms with Crippen molar-refractivity contribution in [2.75, 3.05) is 26.3 Å². The van der Waals surface area contributed by atoms with Gasteiger partial charge < -0.3 is 9.64 Å². The number of carbonyl (C=O) groups is 1. The lowest BCUT2D eigenvalue weighted by Gasteiger charge is -2.27. The summed E-state index contributed by atoms with van der Waals surface area (Å²) in [6.45, 7) is 4.90. The van der Waals surface area contributed by atoms with Crippen molar-refractivity contribution in [3.63, 3.8) is 0 Å². The van der Waals surface area contributed by atoms with Crippen LogP contribution >= 0.6 is 0 Å². The number of nitrogens with one attached hydrogen (secondary N) is 1. The van der Waals surface area contributed by atoms with Crippen LogP contribution in [0.2, 0.25) is 0 Å². The van der Waals surface area contributed by atoms with E-state index in [0.29, 0.717) is 24.9 Å². The van der Waals surface area contributed by atoms with E-state index in [1.165, 1.54) is 5.56 Å². The first-order chi connectivity index (χ1) is 9.72. The molecule has 3 rings (SSSR count). The fraction of sp³-hybridized carbons (Fsp3) is 0.333. The molecule has 0 radical (unpaired) electrons. The maximum atomic E-state index is 11.9. The molecule has 104 valence electrons. The zero-order valence-corrected chi connectivity index (χ0v) is 11.4. The molecule has 1 N–H and O–H groups in total. The summed E-state index contributed by atoms with van der Waals surface area (Å²) in [6, 6.07) is 8.01. The number of nitrogens with zero attached hydrogens (tertiary/aromatic N) is 2. The van der Waals surface area contributed by atoms with E-state index < -0.39 is 0 Å². The first kappa shape index (κ1) is 12.9. The Bertz CT molecular complexity index is 569. The van der Waals surface area contributed by atoms with E-state index in [-0.39, 0.29) is 5.91 Å². The van der Waals surface area contributed by atoms with Crippen molar-refractivity contribution in [3.8, 4) is 0 Å². The van der Waals surface area contributed by atoms with E-state index in [2.05, 4.69) is 10.3 Å². The van der Waals surface area contributed by atoms with Crippen molar-refractivity contribution >= 4 is 17.9 Å². The van der Waals surface area contributed by atoms with Crippen molar-refractivity contribution in [2.45, 2.75) is 6.92 Å². The summed E-state index contributed by atoms with van der Waals surface area (Å²) in [5.41, 5.74) is 2.63. The predicted molar refractivity (Wildman–Crippen MR) is 77.1 cm³/mol. The lowest BCUT2D eigenvalue weighted by Crippen LogP contribution is -2.46. The average Bonchev–Trinajstić information content (AvgIpc) is 2.84. The van der Waals surface area contributed by atoms with Crippen LogP contribution in [0.1, 0.15) is 11.1 Å². The van der Waals surface area contributed by atoms with Crippen LogP contribution in [0.4, 0.5) is 0 Å². The highest BCUT2D eigenvalue weighted by Crippen LogP contribution is 2.14. The molecule has 0 saturated carbocycles. The zero-order chi connectivity index (χ0) is 13.9. The molecule has 0 unspecified atom stereocenters. The molecule has 1 fully saturated rings. The van der Waals surface area contributed by atoms with Crippen LogP contribution in [-0.2, 0) is 9.53 Å². The fourth-order valence-corrected chi connectivity index (χ4v) is 2.20. The number of aryl methyl sites for hydroxylation is 1. The van der Waals surface area contributed by atoms with Gasteiger partial charge in [-0.1, -0.05) is 29.8 Å². The molecule has 1 saturated heterocycles. The summed E-state index contributed by atoms with van der Waals surface area (Å²) in [5.74, 6) is 0.490. The molecule has 0 aliphatic carbocycles. The highest BCUT2D eigenvalue weighted by atomic mass is 16.5. The second kappa shape index (κ2) is 5.46. The van der Waals surface area contributed by atoms with Gasteiger partial charge in [0.05, 0.1) is 13.2 Å². The Morgan fingerprint density at radius 1 is 1.25 bits per heavy atom. The third kappa shape index (κ3) is 2.72. The van der Waals surface area contributed by atoms with E-state index in [9.17, 15) is 4.79 Å². The Balaban J connectivity index is 1.80. The number of carbonyl (C=O) groups excluding carboxylic acids is 1. The predicted octanol–water partition coefficient (Wildman–Crippen LogP) is 1.15. The molecule has 20 heavy (non-hydrogen) atoms. The molecule has 5 nitrogen and oxygen atoms in total.